The van der Waals surface area contributed by atoms with Gasteiger partial charge >= 0.3 is 5.69 Å². The van der Waals surface area contributed by atoms with Gasteiger partial charge in [0, 0.05) is 5.69 Å². The maximum absolute atomic E-state index is 11.8. The highest BCUT2D eigenvalue weighted by molar-refractivity contribution is 7.22. The Hall–Kier alpha value is -3.59. The van der Waals surface area contributed by atoms with E-state index in [1.807, 2.05) is 49.4 Å². The van der Waals surface area contributed by atoms with Crippen LogP contribution in [-0.4, -0.2) is 19.9 Å². The minimum Gasteiger partial charge on any atom is -0.334 e. The third-order valence-corrected chi connectivity index (χ3v) is 5.74. The maximum Gasteiger partial charge on any atom is 0.353 e. The lowest BCUT2D eigenvalue weighted by molar-refractivity contribution is -0.383. The molecule has 2 aromatic heterocycles. The Morgan fingerprint density at radius 2 is 1.81 bits per heavy atom. The smallest absolute Gasteiger partial charge is 0.334 e. The van der Waals surface area contributed by atoms with Crippen LogP contribution in [0.5, 0.6) is 0 Å². The maximum atomic E-state index is 11.8. The molecule has 0 atom stereocenters. The average molecular weight is 435 g/mol. The lowest BCUT2D eigenvalue weighted by atomic mass is 10.1. The van der Waals surface area contributed by atoms with Gasteiger partial charge < -0.3 is 10.6 Å². The molecule has 2 heterocycles. The number of rotatable bonds is 8. The molecule has 0 saturated carbocycles. The Morgan fingerprint density at radius 3 is 2.52 bits per heavy atom. The molecular weight excluding hydrogens is 412 g/mol. The number of benzene rings is 2. The Bertz CT molecular complexity index is 1220. The molecule has 31 heavy (non-hydrogen) atoms. The lowest BCUT2D eigenvalue weighted by Crippen LogP contribution is -2.05. The van der Waals surface area contributed by atoms with Crippen molar-refractivity contribution >= 4 is 49.7 Å². The summed E-state index contributed by atoms with van der Waals surface area (Å²) in [6, 6.07) is 13.8. The second kappa shape index (κ2) is 9.05. The van der Waals surface area contributed by atoms with Crippen molar-refractivity contribution in [3.63, 3.8) is 0 Å². The Morgan fingerprint density at radius 1 is 1.06 bits per heavy atom. The number of aryl methyl sites for hydroxylation is 2. The van der Waals surface area contributed by atoms with Gasteiger partial charge in [-0.25, -0.2) is 15.0 Å². The van der Waals surface area contributed by atoms with Gasteiger partial charge in [0.15, 0.2) is 5.13 Å². The van der Waals surface area contributed by atoms with E-state index in [1.54, 1.807) is 0 Å². The van der Waals surface area contributed by atoms with Gasteiger partial charge in [-0.05, 0) is 55.2 Å². The van der Waals surface area contributed by atoms with Gasteiger partial charge in [-0.1, -0.05) is 42.9 Å². The van der Waals surface area contributed by atoms with E-state index in [-0.39, 0.29) is 17.3 Å². The minimum absolute atomic E-state index is 0.0952. The normalized spacial score (nSPS) is 10.9. The highest BCUT2D eigenvalue weighted by Crippen LogP contribution is 2.35. The SMILES string of the molecule is CCCCc1ccc(Nc2ncnc(Nc3nc4ccc(C)cc4s3)c2[N+](=O)[O-])cc1. The van der Waals surface area contributed by atoms with E-state index in [0.29, 0.717) is 5.13 Å². The van der Waals surface area contributed by atoms with Crippen molar-refractivity contribution in [2.45, 2.75) is 33.1 Å². The summed E-state index contributed by atoms with van der Waals surface area (Å²) in [6.07, 6.45) is 4.58. The van der Waals surface area contributed by atoms with Crippen molar-refractivity contribution < 1.29 is 4.92 Å². The number of anilines is 4. The van der Waals surface area contributed by atoms with E-state index in [2.05, 4.69) is 32.5 Å². The number of thiazole rings is 1. The molecule has 2 N–H and O–H groups in total. The summed E-state index contributed by atoms with van der Waals surface area (Å²) in [5, 5.41) is 18.4. The van der Waals surface area contributed by atoms with Gasteiger partial charge in [-0.3, -0.25) is 10.1 Å². The fraction of sp³-hybridized carbons (Fsp3) is 0.227. The third-order valence-electron chi connectivity index (χ3n) is 4.81. The molecule has 2 aromatic carbocycles. The van der Waals surface area contributed by atoms with Crippen LogP contribution in [0, 0.1) is 17.0 Å². The van der Waals surface area contributed by atoms with Gasteiger partial charge in [0.2, 0.25) is 11.6 Å². The number of fused-ring (bicyclic) bond motifs is 1. The van der Waals surface area contributed by atoms with Gasteiger partial charge in [0.05, 0.1) is 15.1 Å². The van der Waals surface area contributed by atoms with E-state index in [0.717, 1.165) is 40.7 Å². The van der Waals surface area contributed by atoms with Crippen LogP contribution in [0.15, 0.2) is 48.8 Å². The van der Waals surface area contributed by atoms with Crippen molar-refractivity contribution in [1.82, 2.24) is 15.0 Å². The first-order chi connectivity index (χ1) is 15.0. The van der Waals surface area contributed by atoms with Crippen molar-refractivity contribution in [2.24, 2.45) is 0 Å². The predicted molar refractivity (Wildman–Crippen MR) is 125 cm³/mol. The Labute approximate surface area is 183 Å². The van der Waals surface area contributed by atoms with E-state index < -0.39 is 4.92 Å². The molecule has 0 aliphatic rings. The topological polar surface area (TPSA) is 106 Å². The molecule has 0 saturated heterocycles. The predicted octanol–water partition coefficient (Wildman–Crippen LogP) is 6.13. The van der Waals surface area contributed by atoms with Crippen LogP contribution in [0.4, 0.5) is 28.1 Å². The molecule has 4 rings (SSSR count). The fourth-order valence-corrected chi connectivity index (χ4v) is 4.16. The summed E-state index contributed by atoms with van der Waals surface area (Å²) in [5.41, 5.74) is 3.69. The second-order valence-corrected chi connectivity index (χ2v) is 8.25. The molecule has 0 fully saturated rings. The molecule has 9 heteroatoms. The van der Waals surface area contributed by atoms with Crippen LogP contribution in [0.1, 0.15) is 30.9 Å². The number of unbranched alkanes of at least 4 members (excludes halogenated alkanes) is 1. The molecule has 0 aliphatic heterocycles. The Balaban J connectivity index is 1.60. The highest BCUT2D eigenvalue weighted by Gasteiger charge is 2.24. The van der Waals surface area contributed by atoms with Crippen molar-refractivity contribution in [2.75, 3.05) is 10.6 Å². The monoisotopic (exact) mass is 434 g/mol. The van der Waals surface area contributed by atoms with Crippen molar-refractivity contribution in [3.05, 3.63) is 70.0 Å². The first-order valence-electron chi connectivity index (χ1n) is 10.0. The van der Waals surface area contributed by atoms with Crippen LogP contribution in [0.2, 0.25) is 0 Å². The Kier molecular flexibility index (Phi) is 6.03. The molecule has 0 radical (unpaired) electrons. The minimum atomic E-state index is -0.488. The first-order valence-corrected chi connectivity index (χ1v) is 10.8. The zero-order valence-corrected chi connectivity index (χ0v) is 18.1. The number of hydrogen-bond donors (Lipinski definition) is 2. The number of hydrogen-bond acceptors (Lipinski definition) is 8. The number of nitro groups is 1. The van der Waals surface area contributed by atoms with E-state index in [4.69, 9.17) is 0 Å². The second-order valence-electron chi connectivity index (χ2n) is 7.22. The molecule has 4 aromatic rings. The van der Waals surface area contributed by atoms with Crippen LogP contribution >= 0.6 is 11.3 Å². The van der Waals surface area contributed by atoms with Gasteiger partial charge in [-0.15, -0.1) is 0 Å². The van der Waals surface area contributed by atoms with E-state index in [1.165, 1.54) is 23.2 Å². The lowest BCUT2D eigenvalue weighted by Gasteiger charge is -2.09. The summed E-state index contributed by atoms with van der Waals surface area (Å²) < 4.78 is 1.00. The zero-order chi connectivity index (χ0) is 21.8. The van der Waals surface area contributed by atoms with Crippen LogP contribution in [0.3, 0.4) is 0 Å². The molecular formula is C22H22N6O2S. The first kappa shape index (κ1) is 20.7. The van der Waals surface area contributed by atoms with Crippen LogP contribution in [-0.2, 0) is 6.42 Å². The molecule has 158 valence electrons. The third kappa shape index (κ3) is 4.77. The zero-order valence-electron chi connectivity index (χ0n) is 17.3. The van der Waals surface area contributed by atoms with Crippen molar-refractivity contribution in [1.29, 1.82) is 0 Å². The van der Waals surface area contributed by atoms with Crippen LogP contribution < -0.4 is 10.6 Å². The van der Waals surface area contributed by atoms with Gasteiger partial charge in [0.1, 0.15) is 6.33 Å². The average Bonchev–Trinajstić information content (AvgIpc) is 3.14. The number of nitrogens with one attached hydrogen (secondary N) is 2. The van der Waals surface area contributed by atoms with Gasteiger partial charge in [-0.2, -0.15) is 0 Å². The fourth-order valence-electron chi connectivity index (χ4n) is 3.19. The summed E-state index contributed by atoms with van der Waals surface area (Å²) in [4.78, 5) is 24.1. The number of nitrogens with zero attached hydrogens (tertiary/aromatic N) is 4. The van der Waals surface area contributed by atoms with Crippen LogP contribution in [0.25, 0.3) is 10.2 Å². The number of aromatic nitrogens is 3. The summed E-state index contributed by atoms with van der Waals surface area (Å²) in [6.45, 7) is 4.17. The van der Waals surface area contributed by atoms with E-state index >= 15 is 0 Å². The molecule has 0 unspecified atom stereocenters. The van der Waals surface area contributed by atoms with Gasteiger partial charge in [0.25, 0.3) is 0 Å². The van der Waals surface area contributed by atoms with E-state index in [9.17, 15) is 10.1 Å². The summed E-state index contributed by atoms with van der Waals surface area (Å²) in [7, 11) is 0. The molecule has 8 nitrogen and oxygen atoms in total. The summed E-state index contributed by atoms with van der Waals surface area (Å²) in [5.74, 6) is 0.221. The largest absolute Gasteiger partial charge is 0.353 e. The molecule has 0 aliphatic carbocycles. The highest BCUT2D eigenvalue weighted by atomic mass is 32.1. The molecule has 0 bridgehead atoms. The summed E-state index contributed by atoms with van der Waals surface area (Å²) >= 11 is 1.42. The molecule has 0 amide bonds. The quantitative estimate of drug-likeness (QED) is 0.254. The molecule has 0 spiro atoms. The standard InChI is InChI=1S/C22H22N6O2S/c1-3-4-5-15-7-9-16(10-8-15)25-20-19(28(29)30)21(24-13-23-20)27-22-26-17-11-6-14(2)12-18(17)31-22/h6-13H,3-5H2,1-2H3,(H2,23,24,25,26,27). The van der Waals surface area contributed by atoms with Crippen molar-refractivity contribution in [3.8, 4) is 0 Å².